The van der Waals surface area contributed by atoms with Gasteiger partial charge in [0.15, 0.2) is 0 Å². The highest BCUT2D eigenvalue weighted by Gasteiger charge is 2.35. The monoisotopic (exact) mass is 361 g/mol. The summed E-state index contributed by atoms with van der Waals surface area (Å²) in [5, 5.41) is 6.77. The van der Waals surface area contributed by atoms with Crippen molar-refractivity contribution >= 4 is 11.8 Å². The van der Waals surface area contributed by atoms with Crippen molar-refractivity contribution in [2.75, 3.05) is 26.2 Å². The molecule has 0 aromatic rings. The van der Waals surface area contributed by atoms with Crippen molar-refractivity contribution in [1.29, 1.82) is 0 Å². The Hall–Kier alpha value is -1.10. The van der Waals surface area contributed by atoms with Crippen molar-refractivity contribution in [3.8, 4) is 0 Å². The van der Waals surface area contributed by atoms with E-state index in [1.807, 2.05) is 0 Å². The molecule has 2 aliphatic heterocycles. The van der Waals surface area contributed by atoms with Gasteiger partial charge in [-0.25, -0.2) is 0 Å². The SMILES string of the molecule is O=C(NC1CCC(C(=O)N2CC[C@@H]3CNC[C@@H]3CC2)CC1)C1CCCC1. The zero-order valence-corrected chi connectivity index (χ0v) is 16.0. The smallest absolute Gasteiger partial charge is 0.225 e. The van der Waals surface area contributed by atoms with Crippen LogP contribution in [0.3, 0.4) is 0 Å². The Labute approximate surface area is 157 Å². The third-order valence-corrected chi connectivity index (χ3v) is 7.48. The molecule has 0 aromatic heterocycles. The quantitative estimate of drug-likeness (QED) is 0.811. The summed E-state index contributed by atoms with van der Waals surface area (Å²) < 4.78 is 0. The first-order valence-corrected chi connectivity index (χ1v) is 11.0. The lowest BCUT2D eigenvalue weighted by molar-refractivity contribution is -0.136. The average Bonchev–Trinajstić information content (AvgIpc) is 3.31. The molecular formula is C21H35N3O2. The van der Waals surface area contributed by atoms with E-state index in [4.69, 9.17) is 0 Å². The second-order valence-electron chi connectivity index (χ2n) is 9.12. The van der Waals surface area contributed by atoms with Crippen LogP contribution >= 0.6 is 0 Å². The molecule has 0 unspecified atom stereocenters. The van der Waals surface area contributed by atoms with Gasteiger partial charge in [0.2, 0.25) is 11.8 Å². The van der Waals surface area contributed by atoms with Gasteiger partial charge in [-0.2, -0.15) is 0 Å². The standard InChI is InChI=1S/C21H35N3O2/c25-20(15-3-1-2-4-15)23-19-7-5-16(6-8-19)21(26)24-11-9-17-13-22-14-18(17)10-12-24/h15-19,22H,1-14H2,(H,23,25)/t16?,17-,18+,19?. The summed E-state index contributed by atoms with van der Waals surface area (Å²) in [6.07, 6.45) is 10.7. The molecule has 5 heteroatoms. The van der Waals surface area contributed by atoms with Gasteiger partial charge >= 0.3 is 0 Å². The lowest BCUT2D eigenvalue weighted by Crippen LogP contribution is -2.44. The maximum atomic E-state index is 13.0. The average molecular weight is 362 g/mol. The zero-order chi connectivity index (χ0) is 17.9. The summed E-state index contributed by atoms with van der Waals surface area (Å²) in [6.45, 7) is 4.16. The van der Waals surface area contributed by atoms with Crippen molar-refractivity contribution in [2.24, 2.45) is 23.7 Å². The van der Waals surface area contributed by atoms with E-state index in [1.165, 1.54) is 12.8 Å². The van der Waals surface area contributed by atoms with E-state index in [0.29, 0.717) is 11.9 Å². The van der Waals surface area contributed by atoms with Crippen molar-refractivity contribution in [1.82, 2.24) is 15.5 Å². The van der Waals surface area contributed by atoms with Crippen LogP contribution in [0.1, 0.15) is 64.2 Å². The number of hydrogen-bond donors (Lipinski definition) is 2. The number of fused-ring (bicyclic) bond motifs is 1. The molecular weight excluding hydrogens is 326 g/mol. The van der Waals surface area contributed by atoms with Gasteiger partial charge in [0, 0.05) is 31.0 Å². The van der Waals surface area contributed by atoms with Crippen molar-refractivity contribution < 1.29 is 9.59 Å². The molecule has 26 heavy (non-hydrogen) atoms. The lowest BCUT2D eigenvalue weighted by atomic mass is 9.84. The molecule has 4 aliphatic rings. The highest BCUT2D eigenvalue weighted by Crippen LogP contribution is 2.31. The molecule has 2 amide bonds. The van der Waals surface area contributed by atoms with Crippen LogP contribution in [0.2, 0.25) is 0 Å². The van der Waals surface area contributed by atoms with E-state index in [0.717, 1.165) is 89.4 Å². The van der Waals surface area contributed by atoms with Gasteiger partial charge in [-0.15, -0.1) is 0 Å². The Balaban J connectivity index is 1.22. The molecule has 0 spiro atoms. The van der Waals surface area contributed by atoms with E-state index < -0.39 is 0 Å². The first-order chi connectivity index (χ1) is 12.7. The van der Waals surface area contributed by atoms with Gasteiger partial charge in [0.1, 0.15) is 0 Å². The van der Waals surface area contributed by atoms with E-state index in [9.17, 15) is 9.59 Å². The van der Waals surface area contributed by atoms with Crippen LogP contribution in [0, 0.1) is 23.7 Å². The molecule has 0 radical (unpaired) electrons. The largest absolute Gasteiger partial charge is 0.353 e. The molecule has 4 fully saturated rings. The maximum Gasteiger partial charge on any atom is 0.225 e. The highest BCUT2D eigenvalue weighted by atomic mass is 16.2. The van der Waals surface area contributed by atoms with Gasteiger partial charge in [-0.3, -0.25) is 9.59 Å². The van der Waals surface area contributed by atoms with Crippen LogP contribution < -0.4 is 10.6 Å². The molecule has 0 bridgehead atoms. The Bertz CT molecular complexity index is 495. The fourth-order valence-corrected chi connectivity index (χ4v) is 5.69. The molecule has 2 saturated heterocycles. The Morgan fingerprint density at radius 1 is 0.769 bits per heavy atom. The van der Waals surface area contributed by atoms with Crippen LogP contribution in [0.25, 0.3) is 0 Å². The molecule has 2 N–H and O–H groups in total. The molecule has 4 rings (SSSR count). The predicted molar refractivity (Wildman–Crippen MR) is 102 cm³/mol. The minimum absolute atomic E-state index is 0.186. The third kappa shape index (κ3) is 4.08. The second-order valence-corrected chi connectivity index (χ2v) is 9.12. The first-order valence-electron chi connectivity index (χ1n) is 11.0. The lowest BCUT2D eigenvalue weighted by Gasteiger charge is -2.32. The minimum atomic E-state index is 0.186. The molecule has 2 atom stereocenters. The van der Waals surface area contributed by atoms with Crippen LogP contribution in [-0.2, 0) is 9.59 Å². The molecule has 146 valence electrons. The summed E-state index contributed by atoms with van der Waals surface area (Å²) >= 11 is 0. The minimum Gasteiger partial charge on any atom is -0.353 e. The fourth-order valence-electron chi connectivity index (χ4n) is 5.69. The molecule has 0 aromatic carbocycles. The van der Waals surface area contributed by atoms with Crippen LogP contribution in [0.15, 0.2) is 0 Å². The molecule has 2 aliphatic carbocycles. The summed E-state index contributed by atoms with van der Waals surface area (Å²) in [4.78, 5) is 27.5. The van der Waals surface area contributed by atoms with E-state index in [1.54, 1.807) is 0 Å². The van der Waals surface area contributed by atoms with Crippen LogP contribution in [0.4, 0.5) is 0 Å². The fraction of sp³-hybridized carbons (Fsp3) is 0.905. The summed E-state index contributed by atoms with van der Waals surface area (Å²) in [5.41, 5.74) is 0. The normalized spacial score (nSPS) is 35.8. The summed E-state index contributed by atoms with van der Waals surface area (Å²) in [7, 11) is 0. The first kappa shape index (κ1) is 18.3. The second kappa shape index (κ2) is 8.28. The number of likely N-dealkylation sites (tertiary alicyclic amines) is 1. The summed E-state index contributed by atoms with van der Waals surface area (Å²) in [5.74, 6) is 2.64. The van der Waals surface area contributed by atoms with Gasteiger partial charge in [0.25, 0.3) is 0 Å². The summed E-state index contributed by atoms with van der Waals surface area (Å²) in [6, 6.07) is 0.293. The Morgan fingerprint density at radius 3 is 2.00 bits per heavy atom. The number of nitrogens with one attached hydrogen (secondary N) is 2. The van der Waals surface area contributed by atoms with Crippen LogP contribution in [-0.4, -0.2) is 48.9 Å². The van der Waals surface area contributed by atoms with Crippen molar-refractivity contribution in [3.05, 3.63) is 0 Å². The third-order valence-electron chi connectivity index (χ3n) is 7.48. The zero-order valence-electron chi connectivity index (χ0n) is 16.0. The molecule has 2 heterocycles. The molecule has 5 nitrogen and oxygen atoms in total. The molecule has 2 saturated carbocycles. The van der Waals surface area contributed by atoms with Gasteiger partial charge in [-0.05, 0) is 76.3 Å². The maximum absolute atomic E-state index is 13.0. The number of amides is 2. The van der Waals surface area contributed by atoms with Crippen molar-refractivity contribution in [2.45, 2.75) is 70.3 Å². The van der Waals surface area contributed by atoms with Gasteiger partial charge < -0.3 is 15.5 Å². The van der Waals surface area contributed by atoms with Crippen molar-refractivity contribution in [3.63, 3.8) is 0 Å². The van der Waals surface area contributed by atoms with E-state index >= 15 is 0 Å². The van der Waals surface area contributed by atoms with E-state index in [2.05, 4.69) is 15.5 Å². The Morgan fingerprint density at radius 2 is 1.38 bits per heavy atom. The highest BCUT2D eigenvalue weighted by molar-refractivity contribution is 5.80. The topological polar surface area (TPSA) is 61.4 Å². The number of rotatable bonds is 3. The van der Waals surface area contributed by atoms with Gasteiger partial charge in [0.05, 0.1) is 0 Å². The Kier molecular flexibility index (Phi) is 5.82. The van der Waals surface area contributed by atoms with Gasteiger partial charge in [-0.1, -0.05) is 12.8 Å². The number of hydrogen-bond acceptors (Lipinski definition) is 3. The number of nitrogens with zero attached hydrogens (tertiary/aromatic N) is 1. The number of carbonyl (C=O) groups is 2. The van der Waals surface area contributed by atoms with E-state index in [-0.39, 0.29) is 17.7 Å². The van der Waals surface area contributed by atoms with Crippen LogP contribution in [0.5, 0.6) is 0 Å². The predicted octanol–water partition coefficient (Wildman–Crippen LogP) is 2.31. The number of carbonyl (C=O) groups excluding carboxylic acids is 2.